The van der Waals surface area contributed by atoms with Crippen LogP contribution >= 0.6 is 0 Å². The van der Waals surface area contributed by atoms with Crippen molar-refractivity contribution in [2.45, 2.75) is 104 Å². The minimum Gasteiger partial charge on any atom is -0.462 e. The van der Waals surface area contributed by atoms with Crippen LogP contribution in [0.1, 0.15) is 119 Å². The zero-order valence-electron chi connectivity index (χ0n) is 32.8. The Hall–Kier alpha value is -5.28. The Morgan fingerprint density at radius 3 is 1.86 bits per heavy atom. The molecule has 57 heavy (non-hydrogen) atoms. The number of allylic oxidation sites excluding steroid dienone is 1. The van der Waals surface area contributed by atoms with Gasteiger partial charge in [0.1, 0.15) is 6.10 Å². The van der Waals surface area contributed by atoms with E-state index in [-0.39, 0.29) is 34.5 Å². The van der Waals surface area contributed by atoms with Crippen molar-refractivity contribution in [2.24, 2.45) is 46.3 Å². The number of benzene rings is 2. The van der Waals surface area contributed by atoms with Crippen LogP contribution in [-0.2, 0) is 9.47 Å². The summed E-state index contributed by atoms with van der Waals surface area (Å²) in [5, 5.41) is 45.1. The predicted molar refractivity (Wildman–Crippen MR) is 206 cm³/mol. The van der Waals surface area contributed by atoms with E-state index in [1.807, 2.05) is 6.92 Å². The van der Waals surface area contributed by atoms with Crippen molar-refractivity contribution >= 4 is 34.7 Å². The van der Waals surface area contributed by atoms with Crippen LogP contribution < -0.4 is 0 Å². The van der Waals surface area contributed by atoms with Crippen LogP contribution in [0.15, 0.2) is 48.0 Å². The molecule has 0 saturated heterocycles. The first-order valence-corrected chi connectivity index (χ1v) is 19.9. The van der Waals surface area contributed by atoms with Gasteiger partial charge >= 0.3 is 11.9 Å². The molecule has 16 nitrogen and oxygen atoms in total. The SMILES string of the molecule is CC(CCCC(C)C1CCC2C3CC=C4CC(OC(=O)c5cc([N+](=O)[O-])cc([N+](=O)[O-])c5)CCC4(C)C3CCC12C)COC(=O)c1cc([N+](=O)[O-])cc([N+](=O)[O-])c1. The summed E-state index contributed by atoms with van der Waals surface area (Å²) in [6.45, 7) is 9.31. The largest absolute Gasteiger partial charge is 0.462 e. The number of hydrogen-bond acceptors (Lipinski definition) is 12. The molecule has 2 aromatic rings. The van der Waals surface area contributed by atoms with Gasteiger partial charge < -0.3 is 9.47 Å². The lowest BCUT2D eigenvalue weighted by Crippen LogP contribution is -2.51. The summed E-state index contributed by atoms with van der Waals surface area (Å²) < 4.78 is 11.2. The van der Waals surface area contributed by atoms with Crippen LogP contribution in [0.25, 0.3) is 0 Å². The van der Waals surface area contributed by atoms with Gasteiger partial charge in [0.25, 0.3) is 22.7 Å². The van der Waals surface area contributed by atoms with Crippen molar-refractivity contribution in [2.75, 3.05) is 6.61 Å². The number of nitro groups is 4. The fourth-order valence-corrected chi connectivity index (χ4v) is 11.1. The number of nitrogens with zero attached hydrogens (tertiary/aromatic N) is 4. The van der Waals surface area contributed by atoms with E-state index in [2.05, 4.69) is 26.8 Å². The highest BCUT2D eigenvalue weighted by Crippen LogP contribution is 2.67. The van der Waals surface area contributed by atoms with Gasteiger partial charge in [0, 0.05) is 30.7 Å². The quantitative estimate of drug-likeness (QED) is 0.0754. The molecule has 0 N–H and O–H groups in total. The Balaban J connectivity index is 1.01. The topological polar surface area (TPSA) is 225 Å². The Labute approximate surface area is 330 Å². The average molecular weight is 791 g/mol. The van der Waals surface area contributed by atoms with E-state index in [0.29, 0.717) is 42.4 Å². The third-order valence-electron chi connectivity index (χ3n) is 14.1. The van der Waals surface area contributed by atoms with Crippen molar-refractivity contribution in [1.82, 2.24) is 0 Å². The van der Waals surface area contributed by atoms with Crippen molar-refractivity contribution < 1.29 is 38.8 Å². The van der Waals surface area contributed by atoms with Gasteiger partial charge in [0.2, 0.25) is 0 Å². The summed E-state index contributed by atoms with van der Waals surface area (Å²) in [7, 11) is 0. The molecule has 0 radical (unpaired) electrons. The van der Waals surface area contributed by atoms with Crippen molar-refractivity contribution in [1.29, 1.82) is 0 Å². The molecule has 306 valence electrons. The lowest BCUT2D eigenvalue weighted by Gasteiger charge is -2.58. The smallest absolute Gasteiger partial charge is 0.338 e. The van der Waals surface area contributed by atoms with Crippen LogP contribution in [0.5, 0.6) is 0 Å². The third kappa shape index (κ3) is 8.40. The first kappa shape index (κ1) is 41.4. The molecule has 6 rings (SSSR count). The average Bonchev–Trinajstić information content (AvgIpc) is 3.53. The molecule has 3 saturated carbocycles. The summed E-state index contributed by atoms with van der Waals surface area (Å²) in [5.74, 6) is 1.24. The molecule has 0 spiro atoms. The number of rotatable bonds is 14. The van der Waals surface area contributed by atoms with Crippen molar-refractivity contribution in [3.8, 4) is 0 Å². The fourth-order valence-electron chi connectivity index (χ4n) is 11.1. The van der Waals surface area contributed by atoms with Gasteiger partial charge in [0.15, 0.2) is 0 Å². The summed E-state index contributed by atoms with van der Waals surface area (Å²) in [6, 6.07) is 5.66. The van der Waals surface area contributed by atoms with Crippen molar-refractivity contribution in [3.05, 3.63) is 99.6 Å². The molecule has 9 unspecified atom stereocenters. The molecule has 9 atom stereocenters. The fraction of sp³-hybridized carbons (Fsp3) is 0.610. The second-order valence-electron chi connectivity index (χ2n) is 17.4. The second-order valence-corrected chi connectivity index (χ2v) is 17.4. The van der Waals surface area contributed by atoms with Gasteiger partial charge in [0.05, 0.1) is 49.6 Å². The molecule has 4 aliphatic carbocycles. The molecule has 0 amide bonds. The van der Waals surface area contributed by atoms with Gasteiger partial charge in [-0.3, -0.25) is 40.5 Å². The maximum Gasteiger partial charge on any atom is 0.338 e. The number of non-ortho nitro benzene ring substituents is 4. The van der Waals surface area contributed by atoms with Gasteiger partial charge in [-0.25, -0.2) is 9.59 Å². The first-order chi connectivity index (χ1) is 26.9. The van der Waals surface area contributed by atoms with Crippen LogP contribution in [0.2, 0.25) is 0 Å². The predicted octanol–water partition coefficient (Wildman–Crippen LogP) is 9.72. The number of fused-ring (bicyclic) bond motifs is 5. The monoisotopic (exact) mass is 790 g/mol. The normalized spacial score (nSPS) is 28.7. The lowest BCUT2D eigenvalue weighted by molar-refractivity contribution is -0.394. The first-order valence-electron chi connectivity index (χ1n) is 19.9. The molecule has 0 bridgehead atoms. The summed E-state index contributed by atoms with van der Waals surface area (Å²) in [5.41, 5.74) is -1.05. The molecule has 2 aromatic carbocycles. The highest BCUT2D eigenvalue weighted by Gasteiger charge is 2.59. The van der Waals surface area contributed by atoms with E-state index in [1.54, 1.807) is 0 Å². The molecular weight excluding hydrogens is 740 g/mol. The van der Waals surface area contributed by atoms with Gasteiger partial charge in [-0.15, -0.1) is 0 Å². The number of hydrogen-bond donors (Lipinski definition) is 0. The van der Waals surface area contributed by atoms with Crippen LogP contribution in [0.4, 0.5) is 22.7 Å². The van der Waals surface area contributed by atoms with E-state index in [4.69, 9.17) is 9.47 Å². The Morgan fingerprint density at radius 2 is 1.30 bits per heavy atom. The van der Waals surface area contributed by atoms with E-state index >= 15 is 0 Å². The summed E-state index contributed by atoms with van der Waals surface area (Å²) in [6.07, 6.45) is 12.5. The molecule has 0 aliphatic heterocycles. The molecule has 0 aromatic heterocycles. The van der Waals surface area contributed by atoms with E-state index < -0.39 is 60.5 Å². The number of carbonyl (C=O) groups excluding carboxylic acids is 2. The lowest BCUT2D eigenvalue weighted by atomic mass is 9.47. The zero-order valence-corrected chi connectivity index (χ0v) is 32.8. The van der Waals surface area contributed by atoms with Gasteiger partial charge in [-0.1, -0.05) is 52.2 Å². The van der Waals surface area contributed by atoms with Crippen LogP contribution in [0.3, 0.4) is 0 Å². The number of nitro benzene ring substituents is 4. The van der Waals surface area contributed by atoms with Crippen LogP contribution in [-0.4, -0.2) is 44.3 Å². The standard InChI is InChI=1S/C41H50N4O12/c1-24(23-56-38(46)26-16-29(42(48)49)21-30(17-26)43(50)51)6-5-7-25(2)35-10-11-36-34-9-8-28-20-33(12-14-40(28,3)37(34)13-15-41(35,36)4)57-39(47)27-18-31(44(52)53)22-32(19-27)45(54)55/h8,16-19,21-22,24-25,33-37H,5-7,9-15,20,23H2,1-4H3. The second kappa shape index (κ2) is 16.3. The highest BCUT2D eigenvalue weighted by atomic mass is 16.6. The molecule has 3 fully saturated rings. The van der Waals surface area contributed by atoms with Gasteiger partial charge in [-0.2, -0.15) is 0 Å². The third-order valence-corrected chi connectivity index (χ3v) is 14.1. The van der Waals surface area contributed by atoms with Gasteiger partial charge in [-0.05, 0) is 97.7 Å². The van der Waals surface area contributed by atoms with Crippen LogP contribution in [0, 0.1) is 86.8 Å². The minimum absolute atomic E-state index is 0.00921. The molecule has 0 heterocycles. The highest BCUT2D eigenvalue weighted by molar-refractivity contribution is 5.91. The summed E-state index contributed by atoms with van der Waals surface area (Å²) >= 11 is 0. The number of esters is 2. The molecular formula is C41H50N4O12. The Bertz CT molecular complexity index is 1940. The Morgan fingerprint density at radius 1 is 0.737 bits per heavy atom. The van der Waals surface area contributed by atoms with Crippen molar-refractivity contribution in [3.63, 3.8) is 0 Å². The molecule has 16 heteroatoms. The summed E-state index contributed by atoms with van der Waals surface area (Å²) in [4.78, 5) is 67.8. The zero-order chi connectivity index (χ0) is 41.4. The van der Waals surface area contributed by atoms with E-state index in [9.17, 15) is 50.0 Å². The maximum atomic E-state index is 13.1. The Kier molecular flexibility index (Phi) is 11.8. The maximum absolute atomic E-state index is 13.1. The van der Waals surface area contributed by atoms with E-state index in [0.717, 1.165) is 81.3 Å². The minimum atomic E-state index is -0.828. The molecule has 4 aliphatic rings. The number of carbonyl (C=O) groups is 2. The number of ether oxygens (including phenoxy) is 2. The van der Waals surface area contributed by atoms with E-state index in [1.165, 1.54) is 18.4 Å².